The number of fused-ring (bicyclic) bond motifs is 1. The normalized spacial score (nSPS) is 24.9. The van der Waals surface area contributed by atoms with Crippen molar-refractivity contribution in [3.63, 3.8) is 0 Å². The van der Waals surface area contributed by atoms with Gasteiger partial charge in [-0.15, -0.1) is 0 Å². The first-order valence-electron chi connectivity index (χ1n) is 7.14. The average molecular weight is 295 g/mol. The Morgan fingerprint density at radius 1 is 1.62 bits per heavy atom. The molecule has 0 bridgehead atoms. The lowest BCUT2D eigenvalue weighted by Crippen LogP contribution is -2.56. The smallest absolute Gasteiger partial charge is 0.407 e. The van der Waals surface area contributed by atoms with Crippen LogP contribution in [0.5, 0.6) is 5.88 Å². The van der Waals surface area contributed by atoms with Gasteiger partial charge in [0.25, 0.3) is 0 Å². The molecule has 2 aliphatic heterocycles. The minimum absolute atomic E-state index is 0.110. The number of hydrogen-bond acceptors (Lipinski definition) is 5. The van der Waals surface area contributed by atoms with E-state index in [0.29, 0.717) is 37.9 Å². The van der Waals surface area contributed by atoms with Crippen molar-refractivity contribution in [3.05, 3.63) is 18.1 Å². The van der Waals surface area contributed by atoms with Crippen LogP contribution in [0.25, 0.3) is 0 Å². The molecule has 1 N–H and O–H groups in total. The highest BCUT2D eigenvalue weighted by Gasteiger charge is 2.35. The quantitative estimate of drug-likeness (QED) is 0.916. The highest BCUT2D eigenvalue weighted by atomic mass is 19.1. The van der Waals surface area contributed by atoms with E-state index in [4.69, 9.17) is 9.47 Å². The van der Waals surface area contributed by atoms with E-state index < -0.39 is 0 Å². The van der Waals surface area contributed by atoms with Gasteiger partial charge in [0.05, 0.1) is 25.1 Å². The van der Waals surface area contributed by atoms with E-state index in [1.807, 2.05) is 11.8 Å². The SMILES string of the molecule is CCOc1cc(N2CC[C@@H]3NC(=O)OC[C@H]3C2)c(F)cn1. The number of carbonyl (C=O) groups is 1. The summed E-state index contributed by atoms with van der Waals surface area (Å²) in [6.45, 7) is 4.03. The van der Waals surface area contributed by atoms with Crippen LogP contribution in [0.4, 0.5) is 14.9 Å². The molecule has 1 amide bonds. The zero-order valence-corrected chi connectivity index (χ0v) is 11.8. The van der Waals surface area contributed by atoms with E-state index in [9.17, 15) is 9.18 Å². The third-order valence-corrected chi connectivity index (χ3v) is 3.91. The summed E-state index contributed by atoms with van der Waals surface area (Å²) in [7, 11) is 0. The van der Waals surface area contributed by atoms with Gasteiger partial charge in [0.2, 0.25) is 5.88 Å². The number of cyclic esters (lactones) is 1. The Morgan fingerprint density at radius 2 is 2.48 bits per heavy atom. The van der Waals surface area contributed by atoms with E-state index in [-0.39, 0.29) is 23.9 Å². The fourth-order valence-corrected chi connectivity index (χ4v) is 2.86. The van der Waals surface area contributed by atoms with Crippen LogP contribution in [0, 0.1) is 11.7 Å². The number of ether oxygens (including phenoxy) is 2. The number of aromatic nitrogens is 1. The van der Waals surface area contributed by atoms with Gasteiger partial charge in [-0.2, -0.15) is 0 Å². The summed E-state index contributed by atoms with van der Waals surface area (Å²) in [5, 5.41) is 2.82. The first-order valence-corrected chi connectivity index (χ1v) is 7.14. The van der Waals surface area contributed by atoms with Crippen LogP contribution in [-0.2, 0) is 4.74 Å². The lowest BCUT2D eigenvalue weighted by atomic mass is 9.91. The minimum Gasteiger partial charge on any atom is -0.478 e. The van der Waals surface area contributed by atoms with E-state index in [1.165, 1.54) is 6.20 Å². The van der Waals surface area contributed by atoms with Crippen molar-refractivity contribution >= 4 is 11.8 Å². The summed E-state index contributed by atoms with van der Waals surface area (Å²) in [6.07, 6.45) is 1.59. The van der Waals surface area contributed by atoms with Crippen LogP contribution in [0.3, 0.4) is 0 Å². The summed E-state index contributed by atoms with van der Waals surface area (Å²) in [5.41, 5.74) is 0.490. The number of hydrogen-bond donors (Lipinski definition) is 1. The Labute approximate surface area is 122 Å². The lowest BCUT2D eigenvalue weighted by molar-refractivity contribution is 0.0747. The molecule has 7 heteroatoms. The van der Waals surface area contributed by atoms with Gasteiger partial charge in [-0.3, -0.25) is 0 Å². The summed E-state index contributed by atoms with van der Waals surface area (Å²) in [6, 6.07) is 1.74. The van der Waals surface area contributed by atoms with Gasteiger partial charge in [0.15, 0.2) is 5.82 Å². The third-order valence-electron chi connectivity index (χ3n) is 3.91. The number of piperidine rings is 1. The topological polar surface area (TPSA) is 63.7 Å². The van der Waals surface area contributed by atoms with Gasteiger partial charge in [0.1, 0.15) is 0 Å². The van der Waals surface area contributed by atoms with Crippen LogP contribution in [0.1, 0.15) is 13.3 Å². The van der Waals surface area contributed by atoms with Crippen LogP contribution in [0.2, 0.25) is 0 Å². The van der Waals surface area contributed by atoms with E-state index in [1.54, 1.807) is 6.07 Å². The summed E-state index contributed by atoms with van der Waals surface area (Å²) in [4.78, 5) is 17.1. The first-order chi connectivity index (χ1) is 10.2. The van der Waals surface area contributed by atoms with Gasteiger partial charge in [0, 0.05) is 31.1 Å². The second kappa shape index (κ2) is 5.75. The average Bonchev–Trinajstić information content (AvgIpc) is 2.49. The fourth-order valence-electron chi connectivity index (χ4n) is 2.86. The molecule has 2 fully saturated rings. The van der Waals surface area contributed by atoms with Crippen LogP contribution >= 0.6 is 0 Å². The molecule has 0 aromatic carbocycles. The molecule has 3 heterocycles. The Kier molecular flexibility index (Phi) is 3.81. The molecule has 0 radical (unpaired) electrons. The molecule has 6 nitrogen and oxygen atoms in total. The number of carbonyl (C=O) groups excluding carboxylic acids is 1. The predicted octanol–water partition coefficient (Wildman–Crippen LogP) is 1.55. The summed E-state index contributed by atoms with van der Waals surface area (Å²) < 4.78 is 24.4. The fraction of sp³-hybridized carbons (Fsp3) is 0.571. The summed E-state index contributed by atoms with van der Waals surface area (Å²) in [5.74, 6) is 0.224. The highest BCUT2D eigenvalue weighted by Crippen LogP contribution is 2.29. The van der Waals surface area contributed by atoms with E-state index in [0.717, 1.165) is 6.42 Å². The maximum atomic E-state index is 14.0. The highest BCUT2D eigenvalue weighted by molar-refractivity contribution is 5.68. The van der Waals surface area contributed by atoms with Crippen LogP contribution < -0.4 is 15.0 Å². The zero-order valence-electron chi connectivity index (χ0n) is 11.8. The molecule has 0 saturated carbocycles. The van der Waals surface area contributed by atoms with E-state index >= 15 is 0 Å². The van der Waals surface area contributed by atoms with Crippen molar-refractivity contribution in [2.45, 2.75) is 19.4 Å². The Hall–Kier alpha value is -2.05. The molecule has 1 aromatic heterocycles. The molecule has 0 aliphatic carbocycles. The number of halogens is 1. The lowest BCUT2D eigenvalue weighted by Gasteiger charge is -2.41. The molecule has 21 heavy (non-hydrogen) atoms. The summed E-state index contributed by atoms with van der Waals surface area (Å²) >= 11 is 0. The van der Waals surface area contributed by atoms with Gasteiger partial charge in [-0.25, -0.2) is 14.2 Å². The Balaban J connectivity index is 1.76. The molecular weight excluding hydrogens is 277 g/mol. The van der Waals surface area contributed by atoms with Gasteiger partial charge in [-0.05, 0) is 13.3 Å². The van der Waals surface area contributed by atoms with Gasteiger partial charge < -0.3 is 19.7 Å². The Bertz CT molecular complexity index is 540. The largest absolute Gasteiger partial charge is 0.478 e. The zero-order chi connectivity index (χ0) is 14.8. The number of anilines is 1. The number of rotatable bonds is 3. The van der Waals surface area contributed by atoms with Crippen molar-refractivity contribution in [1.82, 2.24) is 10.3 Å². The minimum atomic E-state index is -0.363. The maximum Gasteiger partial charge on any atom is 0.407 e. The molecular formula is C14H18FN3O3. The molecule has 2 atom stereocenters. The van der Waals surface area contributed by atoms with Crippen molar-refractivity contribution in [2.75, 3.05) is 31.2 Å². The van der Waals surface area contributed by atoms with Crippen molar-refractivity contribution in [1.29, 1.82) is 0 Å². The second-order valence-electron chi connectivity index (χ2n) is 5.25. The third kappa shape index (κ3) is 2.86. The monoisotopic (exact) mass is 295 g/mol. The number of nitrogens with zero attached hydrogens (tertiary/aromatic N) is 2. The molecule has 1 aromatic rings. The Morgan fingerprint density at radius 3 is 3.29 bits per heavy atom. The number of pyridine rings is 1. The van der Waals surface area contributed by atoms with Gasteiger partial charge >= 0.3 is 6.09 Å². The first kappa shape index (κ1) is 13.9. The number of amides is 1. The molecule has 2 saturated heterocycles. The predicted molar refractivity (Wildman–Crippen MR) is 74.0 cm³/mol. The maximum absolute atomic E-state index is 14.0. The number of nitrogens with one attached hydrogen (secondary N) is 1. The van der Waals surface area contributed by atoms with Crippen molar-refractivity contribution < 1.29 is 18.7 Å². The molecule has 0 spiro atoms. The van der Waals surface area contributed by atoms with Crippen LogP contribution in [-0.4, -0.2) is 43.4 Å². The van der Waals surface area contributed by atoms with Gasteiger partial charge in [-0.1, -0.05) is 0 Å². The van der Waals surface area contributed by atoms with Crippen LogP contribution in [0.15, 0.2) is 12.3 Å². The standard InChI is InChI=1S/C14H18FN3O3/c1-2-20-13-5-12(10(15)6-16-13)18-4-3-11-9(7-18)8-21-14(19)17-11/h5-6,9,11H,2-4,7-8H2,1H3,(H,17,19)/t9-,11+/m1/s1. The van der Waals surface area contributed by atoms with Crippen molar-refractivity contribution in [3.8, 4) is 5.88 Å². The number of alkyl carbamates (subject to hydrolysis) is 1. The molecule has 2 aliphatic rings. The molecule has 0 unspecified atom stereocenters. The van der Waals surface area contributed by atoms with E-state index in [2.05, 4.69) is 10.3 Å². The molecule has 114 valence electrons. The second-order valence-corrected chi connectivity index (χ2v) is 5.25. The molecule has 3 rings (SSSR count). The van der Waals surface area contributed by atoms with Crippen molar-refractivity contribution in [2.24, 2.45) is 5.92 Å².